The lowest BCUT2D eigenvalue weighted by atomic mass is 9.79. The van der Waals surface area contributed by atoms with E-state index >= 15 is 0 Å². The average Bonchev–Trinajstić information content (AvgIpc) is 3.12. The number of β-lactam (4-membered cyclic amide) rings is 1. The molecule has 0 radical (unpaired) electrons. The number of carboxylic acid groups (broad SMARTS) is 1. The molecule has 2 N–H and O–H groups in total. The van der Waals surface area contributed by atoms with E-state index in [1.807, 2.05) is 13.0 Å². The summed E-state index contributed by atoms with van der Waals surface area (Å²) in [6, 6.07) is 1.74. The number of amides is 1. The van der Waals surface area contributed by atoms with Gasteiger partial charge in [0, 0.05) is 34.5 Å². The van der Waals surface area contributed by atoms with Crippen LogP contribution in [0.3, 0.4) is 0 Å². The zero-order valence-electron chi connectivity index (χ0n) is 14.7. The fourth-order valence-electron chi connectivity index (χ4n) is 3.99. The van der Waals surface area contributed by atoms with Gasteiger partial charge in [-0.25, -0.2) is 9.78 Å². The third-order valence-electron chi connectivity index (χ3n) is 5.33. The van der Waals surface area contributed by atoms with Crippen molar-refractivity contribution in [3.63, 3.8) is 0 Å². The number of aliphatic carboxylic acids is 1. The Morgan fingerprint density at radius 1 is 1.52 bits per heavy atom. The first-order valence-corrected chi connectivity index (χ1v) is 10.3. The lowest BCUT2D eigenvalue weighted by molar-refractivity contribution is -0.163. The van der Waals surface area contributed by atoms with Crippen LogP contribution in [0.5, 0.6) is 0 Å². The molecule has 27 heavy (non-hydrogen) atoms. The highest BCUT2D eigenvalue weighted by atomic mass is 32.2. The summed E-state index contributed by atoms with van der Waals surface area (Å²) in [6.45, 7) is 4.93. The largest absolute Gasteiger partial charge is 0.477 e. The minimum atomic E-state index is -1.10. The van der Waals surface area contributed by atoms with Crippen molar-refractivity contribution >= 4 is 40.1 Å². The first-order chi connectivity index (χ1) is 12.8. The summed E-state index contributed by atoms with van der Waals surface area (Å²) < 4.78 is 0. The second-order valence-electron chi connectivity index (χ2n) is 7.04. The van der Waals surface area contributed by atoms with Gasteiger partial charge in [-0.1, -0.05) is 6.92 Å². The number of nitriles is 1. The maximum absolute atomic E-state index is 12.3. The van der Waals surface area contributed by atoms with Gasteiger partial charge < -0.3 is 20.0 Å². The molecule has 1 aromatic heterocycles. The summed E-state index contributed by atoms with van der Waals surface area (Å²) in [4.78, 5) is 32.5. The number of fused-ring (bicyclic) bond motifs is 1. The number of carboxylic acids is 1. The number of carbonyl (C=O) groups excluding carboxylic acids is 1. The second kappa shape index (κ2) is 6.51. The molecular weight excluding hydrogens is 388 g/mol. The Morgan fingerprint density at radius 2 is 2.22 bits per heavy atom. The molecule has 0 spiro atoms. The van der Waals surface area contributed by atoms with Crippen LogP contribution < -0.4 is 4.90 Å². The normalized spacial score (nSPS) is 28.5. The van der Waals surface area contributed by atoms with Crippen LogP contribution in [0.2, 0.25) is 0 Å². The number of aliphatic hydroxyl groups is 1. The molecule has 0 aromatic carbocycles. The van der Waals surface area contributed by atoms with Gasteiger partial charge >= 0.3 is 5.97 Å². The molecular formula is C17H18N4O4S2. The monoisotopic (exact) mass is 406 g/mol. The van der Waals surface area contributed by atoms with E-state index in [1.54, 1.807) is 12.3 Å². The smallest absolute Gasteiger partial charge is 0.353 e. The maximum Gasteiger partial charge on any atom is 0.353 e. The van der Waals surface area contributed by atoms with E-state index < -0.39 is 18.0 Å². The van der Waals surface area contributed by atoms with Gasteiger partial charge in [-0.15, -0.1) is 23.1 Å². The van der Waals surface area contributed by atoms with Gasteiger partial charge in [0.1, 0.15) is 11.8 Å². The van der Waals surface area contributed by atoms with E-state index in [2.05, 4.69) is 9.88 Å². The molecule has 4 atom stereocenters. The van der Waals surface area contributed by atoms with E-state index in [0.717, 1.165) is 5.13 Å². The molecule has 4 heterocycles. The van der Waals surface area contributed by atoms with E-state index in [1.165, 1.54) is 28.0 Å². The quantitative estimate of drug-likeness (QED) is 0.698. The Kier molecular flexibility index (Phi) is 4.41. The lowest BCUT2D eigenvalue weighted by Crippen LogP contribution is -2.63. The van der Waals surface area contributed by atoms with Crippen LogP contribution in [-0.4, -0.2) is 62.5 Å². The molecule has 0 aliphatic carbocycles. The first kappa shape index (κ1) is 18.3. The highest BCUT2D eigenvalue weighted by Gasteiger charge is 2.60. The fourth-order valence-corrected chi connectivity index (χ4v) is 6.28. The second-order valence-corrected chi connectivity index (χ2v) is 9.22. The minimum absolute atomic E-state index is 0.0684. The van der Waals surface area contributed by atoms with Gasteiger partial charge in [-0.3, -0.25) is 4.79 Å². The molecule has 0 saturated carbocycles. The van der Waals surface area contributed by atoms with E-state index in [0.29, 0.717) is 23.7 Å². The molecule has 1 aromatic rings. The van der Waals surface area contributed by atoms with E-state index in [-0.39, 0.29) is 28.8 Å². The van der Waals surface area contributed by atoms with Gasteiger partial charge in [0.15, 0.2) is 10.8 Å². The van der Waals surface area contributed by atoms with Crippen molar-refractivity contribution in [3.8, 4) is 6.07 Å². The Hall–Kier alpha value is -2.09. The summed E-state index contributed by atoms with van der Waals surface area (Å²) in [7, 11) is 0. The van der Waals surface area contributed by atoms with Gasteiger partial charge in [-0.2, -0.15) is 5.26 Å². The van der Waals surface area contributed by atoms with Crippen LogP contribution in [0.1, 0.15) is 19.5 Å². The summed E-state index contributed by atoms with van der Waals surface area (Å²) in [5.74, 6) is -2.06. The van der Waals surface area contributed by atoms with Gasteiger partial charge in [0.05, 0.1) is 18.1 Å². The Labute approximate surface area is 164 Å². The molecule has 2 fully saturated rings. The number of thiazole rings is 1. The summed E-state index contributed by atoms with van der Waals surface area (Å²) in [5.41, 5.74) is 0.470. The molecule has 142 valence electrons. The molecule has 1 amide bonds. The van der Waals surface area contributed by atoms with Gasteiger partial charge in [0.2, 0.25) is 5.91 Å². The average molecular weight is 406 g/mol. The molecule has 3 unspecified atom stereocenters. The predicted octanol–water partition coefficient (Wildman–Crippen LogP) is 1.09. The van der Waals surface area contributed by atoms with Gasteiger partial charge in [0.25, 0.3) is 0 Å². The molecule has 3 aliphatic rings. The third-order valence-corrected chi connectivity index (χ3v) is 7.68. The van der Waals surface area contributed by atoms with Crippen LogP contribution in [-0.2, 0) is 9.59 Å². The van der Waals surface area contributed by atoms with Crippen molar-refractivity contribution in [3.05, 3.63) is 21.7 Å². The number of hydrogen-bond acceptors (Lipinski definition) is 8. The predicted molar refractivity (Wildman–Crippen MR) is 100 cm³/mol. The van der Waals surface area contributed by atoms with Crippen LogP contribution in [0.15, 0.2) is 16.0 Å². The summed E-state index contributed by atoms with van der Waals surface area (Å²) in [6.07, 6.45) is -0.793. The zero-order chi connectivity index (χ0) is 19.5. The van der Waals surface area contributed by atoms with E-state index in [9.17, 15) is 19.8 Å². The van der Waals surface area contributed by atoms with Crippen molar-refractivity contribution in [2.45, 2.75) is 31.2 Å². The Balaban J connectivity index is 1.48. The number of nitrogens with zero attached hydrogens (tertiary/aromatic N) is 4. The minimum Gasteiger partial charge on any atom is -0.477 e. The third kappa shape index (κ3) is 2.72. The number of anilines is 1. The fraction of sp³-hybridized carbons (Fsp3) is 0.529. The number of thioether (sulfide) groups is 1. The number of aliphatic hydroxyl groups excluding tert-OH is 1. The Morgan fingerprint density at radius 3 is 2.78 bits per heavy atom. The number of hydrogen-bond donors (Lipinski definition) is 2. The number of aromatic nitrogens is 1. The first-order valence-electron chi connectivity index (χ1n) is 8.59. The number of carbonyl (C=O) groups is 2. The van der Waals surface area contributed by atoms with Crippen LogP contribution in [0, 0.1) is 23.2 Å². The van der Waals surface area contributed by atoms with Crippen LogP contribution >= 0.6 is 23.1 Å². The Bertz CT molecular complexity index is 884. The summed E-state index contributed by atoms with van der Waals surface area (Å²) in [5, 5.41) is 31.1. The maximum atomic E-state index is 12.3. The van der Waals surface area contributed by atoms with Crippen molar-refractivity contribution in [1.82, 2.24) is 9.88 Å². The summed E-state index contributed by atoms with van der Waals surface area (Å²) >= 11 is 2.93. The van der Waals surface area contributed by atoms with E-state index in [4.69, 9.17) is 5.26 Å². The lowest BCUT2D eigenvalue weighted by Gasteiger charge is -2.46. The standard InChI is InChI=1S/C17H18N4O4S2/c1-7-12-11(8(2)22)15(23)21(12)13(16(24)25)14(7)27-10-4-20(5-10)17-19-9(3-18)6-26-17/h6-8,10-12,22H,4-5H2,1-2H3,(H,24,25)/t7-,8?,11?,12?/m1/s1. The molecule has 3 aliphatic heterocycles. The van der Waals surface area contributed by atoms with Crippen molar-refractivity contribution in [2.24, 2.45) is 11.8 Å². The van der Waals surface area contributed by atoms with Crippen LogP contribution in [0.25, 0.3) is 0 Å². The molecule has 2 saturated heterocycles. The number of rotatable bonds is 5. The molecule has 10 heteroatoms. The van der Waals surface area contributed by atoms with Crippen molar-refractivity contribution in [1.29, 1.82) is 5.26 Å². The highest BCUT2D eigenvalue weighted by Crippen LogP contribution is 2.52. The van der Waals surface area contributed by atoms with Crippen molar-refractivity contribution < 1.29 is 19.8 Å². The van der Waals surface area contributed by atoms with Gasteiger partial charge in [-0.05, 0) is 6.92 Å². The molecule has 4 rings (SSSR count). The van der Waals surface area contributed by atoms with Crippen LogP contribution in [0.4, 0.5) is 5.13 Å². The van der Waals surface area contributed by atoms with Crippen molar-refractivity contribution in [2.75, 3.05) is 18.0 Å². The highest BCUT2D eigenvalue weighted by molar-refractivity contribution is 8.03. The molecule has 8 nitrogen and oxygen atoms in total. The zero-order valence-corrected chi connectivity index (χ0v) is 16.3. The molecule has 0 bridgehead atoms. The topological polar surface area (TPSA) is 118 Å². The SMILES string of the molecule is CC(O)C1C(=O)N2C(C(=O)O)=C(SC3CN(c4nc(C#N)cs4)C3)[C@H](C)C12.